The van der Waals surface area contributed by atoms with E-state index in [1.165, 1.54) is 6.42 Å². The molecule has 0 radical (unpaired) electrons. The number of furan rings is 1. The van der Waals surface area contributed by atoms with Gasteiger partial charge in [-0.25, -0.2) is 9.79 Å². The van der Waals surface area contributed by atoms with Gasteiger partial charge < -0.3 is 19.8 Å². The van der Waals surface area contributed by atoms with E-state index in [1.54, 1.807) is 19.1 Å². The Kier molecular flexibility index (Phi) is 5.03. The van der Waals surface area contributed by atoms with Gasteiger partial charge in [-0.3, -0.25) is 0 Å². The number of nitrogens with two attached hydrogens (primary N) is 1. The van der Waals surface area contributed by atoms with Crippen molar-refractivity contribution in [1.82, 2.24) is 4.90 Å². The third-order valence-corrected chi connectivity index (χ3v) is 3.22. The first-order valence-corrected chi connectivity index (χ1v) is 7.01. The summed E-state index contributed by atoms with van der Waals surface area (Å²) in [6.45, 7) is 4.34. The van der Waals surface area contributed by atoms with Gasteiger partial charge in [0.2, 0.25) is 5.76 Å². The molecule has 0 atom stereocenters. The van der Waals surface area contributed by atoms with Crippen LogP contribution in [-0.2, 0) is 11.3 Å². The van der Waals surface area contributed by atoms with Crippen LogP contribution in [0.3, 0.4) is 0 Å². The number of hydrogen-bond donors (Lipinski definition) is 1. The smallest absolute Gasteiger partial charge is 0.374 e. The summed E-state index contributed by atoms with van der Waals surface area (Å²) >= 11 is 0. The molecule has 1 aliphatic heterocycles. The Morgan fingerprint density at radius 3 is 2.85 bits per heavy atom. The van der Waals surface area contributed by atoms with Gasteiger partial charge in [0, 0.05) is 13.1 Å². The lowest BCUT2D eigenvalue weighted by atomic mass is 10.1. The van der Waals surface area contributed by atoms with Gasteiger partial charge in [0.15, 0.2) is 5.96 Å². The molecule has 0 bridgehead atoms. The molecule has 0 spiro atoms. The third-order valence-electron chi connectivity index (χ3n) is 3.22. The largest absolute Gasteiger partial charge is 0.460 e. The molecule has 0 saturated carbocycles. The van der Waals surface area contributed by atoms with Crippen LogP contribution >= 0.6 is 0 Å². The summed E-state index contributed by atoms with van der Waals surface area (Å²) < 4.78 is 10.2. The van der Waals surface area contributed by atoms with Crippen LogP contribution in [0.1, 0.15) is 42.5 Å². The molecule has 0 aliphatic carbocycles. The molecule has 2 heterocycles. The third kappa shape index (κ3) is 3.76. The standard InChI is InChI=1S/C14H21N3O3/c1-2-19-13(18)12-7-6-11(20-12)10-16-14(15)17-8-4-3-5-9-17/h6-7H,2-5,8-10H2,1H3,(H2,15,16). The summed E-state index contributed by atoms with van der Waals surface area (Å²) in [6.07, 6.45) is 3.57. The molecular formula is C14H21N3O3. The molecule has 0 amide bonds. The molecule has 20 heavy (non-hydrogen) atoms. The van der Waals surface area contributed by atoms with E-state index in [0.717, 1.165) is 25.9 Å². The van der Waals surface area contributed by atoms with Gasteiger partial charge in [-0.05, 0) is 38.3 Å². The SMILES string of the molecule is CCOC(=O)c1ccc(CN=C(N)N2CCCCC2)o1. The van der Waals surface area contributed by atoms with Crippen LogP contribution in [0, 0.1) is 0 Å². The molecular weight excluding hydrogens is 258 g/mol. The molecule has 1 aromatic rings. The van der Waals surface area contributed by atoms with Crippen molar-refractivity contribution in [3.63, 3.8) is 0 Å². The minimum Gasteiger partial charge on any atom is -0.460 e. The molecule has 0 aromatic carbocycles. The number of carbonyl (C=O) groups is 1. The lowest BCUT2D eigenvalue weighted by Gasteiger charge is -2.27. The summed E-state index contributed by atoms with van der Waals surface area (Å²) in [4.78, 5) is 17.9. The van der Waals surface area contributed by atoms with E-state index in [9.17, 15) is 4.79 Å². The van der Waals surface area contributed by atoms with Crippen molar-refractivity contribution in [2.24, 2.45) is 10.7 Å². The van der Waals surface area contributed by atoms with E-state index in [2.05, 4.69) is 9.89 Å². The number of likely N-dealkylation sites (tertiary alicyclic amines) is 1. The predicted molar refractivity (Wildman–Crippen MR) is 75.4 cm³/mol. The van der Waals surface area contributed by atoms with E-state index < -0.39 is 5.97 Å². The molecule has 1 aromatic heterocycles. The zero-order chi connectivity index (χ0) is 14.4. The molecule has 2 N–H and O–H groups in total. The molecule has 110 valence electrons. The highest BCUT2D eigenvalue weighted by molar-refractivity contribution is 5.86. The van der Waals surface area contributed by atoms with Gasteiger partial charge in [-0.15, -0.1) is 0 Å². The number of guanidine groups is 1. The fourth-order valence-electron chi connectivity index (χ4n) is 2.16. The summed E-state index contributed by atoms with van der Waals surface area (Å²) in [5.74, 6) is 0.895. The second-order valence-corrected chi connectivity index (χ2v) is 4.71. The lowest BCUT2D eigenvalue weighted by molar-refractivity contribution is 0.0488. The van der Waals surface area contributed by atoms with Gasteiger partial charge in [-0.1, -0.05) is 0 Å². The number of carbonyl (C=O) groups excluding carboxylic acids is 1. The summed E-state index contributed by atoms with van der Waals surface area (Å²) in [5, 5.41) is 0. The average molecular weight is 279 g/mol. The highest BCUT2D eigenvalue weighted by Crippen LogP contribution is 2.12. The zero-order valence-electron chi connectivity index (χ0n) is 11.8. The minimum absolute atomic E-state index is 0.202. The van der Waals surface area contributed by atoms with Crippen LogP contribution in [0.15, 0.2) is 21.5 Å². The highest BCUT2D eigenvalue weighted by Gasteiger charge is 2.13. The quantitative estimate of drug-likeness (QED) is 0.516. The number of hydrogen-bond acceptors (Lipinski definition) is 4. The van der Waals surface area contributed by atoms with E-state index >= 15 is 0 Å². The topological polar surface area (TPSA) is 81.1 Å². The maximum atomic E-state index is 11.5. The lowest BCUT2D eigenvalue weighted by Crippen LogP contribution is -2.40. The van der Waals surface area contributed by atoms with Crippen LogP contribution in [0.2, 0.25) is 0 Å². The predicted octanol–water partition coefficient (Wildman–Crippen LogP) is 1.76. The van der Waals surface area contributed by atoms with Crippen molar-refractivity contribution >= 4 is 11.9 Å². The Balaban J connectivity index is 1.91. The summed E-state index contributed by atoms with van der Waals surface area (Å²) in [5.41, 5.74) is 5.95. The molecule has 1 saturated heterocycles. The number of rotatable bonds is 4. The molecule has 6 nitrogen and oxygen atoms in total. The number of aliphatic imine (C=N–C) groups is 1. The summed E-state index contributed by atoms with van der Waals surface area (Å²) in [6, 6.07) is 3.32. The van der Waals surface area contributed by atoms with E-state index in [-0.39, 0.29) is 5.76 Å². The average Bonchev–Trinajstić information content (AvgIpc) is 2.95. The van der Waals surface area contributed by atoms with Crippen LogP contribution < -0.4 is 5.73 Å². The van der Waals surface area contributed by atoms with Gasteiger partial charge in [-0.2, -0.15) is 0 Å². The van der Waals surface area contributed by atoms with E-state index in [4.69, 9.17) is 14.9 Å². The Labute approximate surface area is 118 Å². The van der Waals surface area contributed by atoms with Crippen molar-refractivity contribution < 1.29 is 13.9 Å². The number of esters is 1. The first-order chi connectivity index (χ1) is 9.70. The second-order valence-electron chi connectivity index (χ2n) is 4.71. The second kappa shape index (κ2) is 6.98. The van der Waals surface area contributed by atoms with E-state index in [0.29, 0.717) is 24.9 Å². The molecule has 1 aliphatic rings. The fourth-order valence-corrected chi connectivity index (χ4v) is 2.16. The van der Waals surface area contributed by atoms with Gasteiger partial charge in [0.25, 0.3) is 0 Å². The monoisotopic (exact) mass is 279 g/mol. The van der Waals surface area contributed by atoms with Gasteiger partial charge >= 0.3 is 5.97 Å². The minimum atomic E-state index is -0.452. The maximum Gasteiger partial charge on any atom is 0.374 e. The van der Waals surface area contributed by atoms with E-state index in [1.807, 2.05) is 0 Å². The number of nitrogens with zero attached hydrogens (tertiary/aromatic N) is 2. The Bertz CT molecular complexity index is 476. The molecule has 1 fully saturated rings. The Morgan fingerprint density at radius 1 is 1.40 bits per heavy atom. The zero-order valence-corrected chi connectivity index (χ0v) is 11.8. The number of piperidine rings is 1. The van der Waals surface area contributed by atoms with Crippen molar-refractivity contribution in [3.8, 4) is 0 Å². The van der Waals surface area contributed by atoms with Crippen LogP contribution in [0.25, 0.3) is 0 Å². The maximum absolute atomic E-state index is 11.5. The van der Waals surface area contributed by atoms with Gasteiger partial charge in [0.1, 0.15) is 12.3 Å². The number of ether oxygens (including phenoxy) is 1. The molecule has 6 heteroatoms. The normalized spacial score (nSPS) is 16.2. The molecule has 0 unspecified atom stereocenters. The summed E-state index contributed by atoms with van der Waals surface area (Å²) in [7, 11) is 0. The highest BCUT2D eigenvalue weighted by atomic mass is 16.5. The molecule has 2 rings (SSSR count). The Hall–Kier alpha value is -1.98. The fraction of sp³-hybridized carbons (Fsp3) is 0.571. The van der Waals surface area contributed by atoms with Crippen molar-refractivity contribution in [3.05, 3.63) is 23.7 Å². The van der Waals surface area contributed by atoms with Crippen LogP contribution in [0.4, 0.5) is 0 Å². The van der Waals surface area contributed by atoms with Crippen LogP contribution in [0.5, 0.6) is 0 Å². The first-order valence-electron chi connectivity index (χ1n) is 7.01. The van der Waals surface area contributed by atoms with Gasteiger partial charge in [0.05, 0.1) is 6.61 Å². The van der Waals surface area contributed by atoms with Crippen molar-refractivity contribution in [1.29, 1.82) is 0 Å². The first kappa shape index (κ1) is 14.4. The van der Waals surface area contributed by atoms with Crippen molar-refractivity contribution in [2.45, 2.75) is 32.7 Å². The van der Waals surface area contributed by atoms with Crippen LogP contribution in [-0.4, -0.2) is 36.5 Å². The Morgan fingerprint density at radius 2 is 2.15 bits per heavy atom. The van der Waals surface area contributed by atoms with Crippen molar-refractivity contribution in [2.75, 3.05) is 19.7 Å².